The fraction of sp³-hybridized carbons (Fsp3) is 0.0500. The fourth-order valence-electron chi connectivity index (χ4n) is 2.56. The van der Waals surface area contributed by atoms with Crippen molar-refractivity contribution in [2.24, 2.45) is 0 Å². The number of benzene rings is 3. The zero-order chi connectivity index (χ0) is 21.0. The smallest absolute Gasteiger partial charge is 0.261 e. The van der Waals surface area contributed by atoms with Crippen molar-refractivity contribution < 1.29 is 17.9 Å². The molecule has 3 aromatic carbocycles. The van der Waals surface area contributed by atoms with E-state index in [2.05, 4.69) is 10.0 Å². The molecule has 0 aromatic heterocycles. The van der Waals surface area contributed by atoms with E-state index in [0.29, 0.717) is 21.4 Å². The number of carbonyl (C=O) groups is 1. The first-order valence-corrected chi connectivity index (χ1v) is 10.6. The normalized spacial score (nSPS) is 11.0. The maximum absolute atomic E-state index is 12.7. The van der Waals surface area contributed by atoms with Crippen molar-refractivity contribution in [1.82, 2.24) is 0 Å². The summed E-state index contributed by atoms with van der Waals surface area (Å²) < 4.78 is 33.1. The van der Waals surface area contributed by atoms with Crippen molar-refractivity contribution >= 4 is 50.5 Å². The Hall–Kier alpha value is -2.74. The standard InChI is InChI=1S/C20H16Cl2N2O4S/c1-28-19-9-8-17(29(26,27)24-16-7-3-5-14(22)11-16)12-18(19)20(25)23-15-6-2-4-13(21)10-15/h2-12,24H,1H3,(H,23,25). The van der Waals surface area contributed by atoms with Gasteiger partial charge in [0.25, 0.3) is 15.9 Å². The molecule has 2 N–H and O–H groups in total. The lowest BCUT2D eigenvalue weighted by atomic mass is 10.2. The molecule has 3 rings (SSSR count). The van der Waals surface area contributed by atoms with Crippen LogP contribution in [0.1, 0.15) is 10.4 Å². The molecule has 0 spiro atoms. The molecule has 0 atom stereocenters. The summed E-state index contributed by atoms with van der Waals surface area (Å²) in [6.45, 7) is 0. The second-order valence-electron chi connectivity index (χ2n) is 5.94. The maximum Gasteiger partial charge on any atom is 0.261 e. The van der Waals surface area contributed by atoms with Crippen LogP contribution >= 0.6 is 23.2 Å². The number of carbonyl (C=O) groups excluding carboxylic acids is 1. The Labute approximate surface area is 178 Å². The Balaban J connectivity index is 1.92. The summed E-state index contributed by atoms with van der Waals surface area (Å²) in [5.41, 5.74) is 0.828. The van der Waals surface area contributed by atoms with E-state index in [4.69, 9.17) is 27.9 Å². The van der Waals surface area contributed by atoms with Gasteiger partial charge in [-0.1, -0.05) is 35.3 Å². The number of hydrogen-bond donors (Lipinski definition) is 2. The number of methoxy groups -OCH3 is 1. The van der Waals surface area contributed by atoms with E-state index in [0.717, 1.165) is 0 Å². The largest absolute Gasteiger partial charge is 0.496 e. The molecule has 1 amide bonds. The molecule has 150 valence electrons. The van der Waals surface area contributed by atoms with Crippen LogP contribution in [0.4, 0.5) is 11.4 Å². The van der Waals surface area contributed by atoms with Gasteiger partial charge in [-0.15, -0.1) is 0 Å². The number of amides is 1. The Bertz CT molecular complexity index is 1170. The Kier molecular flexibility index (Phi) is 6.32. The number of anilines is 2. The number of ether oxygens (including phenoxy) is 1. The second-order valence-corrected chi connectivity index (χ2v) is 8.50. The van der Waals surface area contributed by atoms with Gasteiger partial charge in [-0.2, -0.15) is 0 Å². The molecule has 0 bridgehead atoms. The average molecular weight is 451 g/mol. The van der Waals surface area contributed by atoms with Gasteiger partial charge in [-0.3, -0.25) is 9.52 Å². The van der Waals surface area contributed by atoms with E-state index in [1.54, 1.807) is 42.5 Å². The number of hydrogen-bond acceptors (Lipinski definition) is 4. The summed E-state index contributed by atoms with van der Waals surface area (Å²) in [5.74, 6) is -0.310. The molecule has 0 saturated heterocycles. The molecule has 29 heavy (non-hydrogen) atoms. The molecule has 0 heterocycles. The highest BCUT2D eigenvalue weighted by Crippen LogP contribution is 2.26. The van der Waals surface area contributed by atoms with Crippen molar-refractivity contribution in [3.63, 3.8) is 0 Å². The predicted octanol–water partition coefficient (Wildman–Crippen LogP) is 5.06. The molecule has 0 unspecified atom stereocenters. The van der Waals surface area contributed by atoms with Crippen LogP contribution in [0, 0.1) is 0 Å². The van der Waals surface area contributed by atoms with E-state index >= 15 is 0 Å². The van der Waals surface area contributed by atoms with Gasteiger partial charge in [-0.25, -0.2) is 8.42 Å². The summed E-state index contributed by atoms with van der Waals surface area (Å²) in [6.07, 6.45) is 0. The van der Waals surface area contributed by atoms with Gasteiger partial charge < -0.3 is 10.1 Å². The SMILES string of the molecule is COc1ccc(S(=O)(=O)Nc2cccc(Cl)c2)cc1C(=O)Nc1cccc(Cl)c1. The monoisotopic (exact) mass is 450 g/mol. The molecule has 0 radical (unpaired) electrons. The highest BCUT2D eigenvalue weighted by atomic mass is 35.5. The van der Waals surface area contributed by atoms with Gasteiger partial charge in [0, 0.05) is 15.7 Å². The van der Waals surface area contributed by atoms with Crippen molar-refractivity contribution in [2.75, 3.05) is 17.1 Å². The van der Waals surface area contributed by atoms with Crippen LogP contribution < -0.4 is 14.8 Å². The Morgan fingerprint density at radius 2 is 1.52 bits per heavy atom. The summed E-state index contributed by atoms with van der Waals surface area (Å²) in [6, 6.07) is 16.9. The first-order valence-electron chi connectivity index (χ1n) is 8.32. The summed E-state index contributed by atoms with van der Waals surface area (Å²) in [7, 11) is -2.56. The molecule has 0 saturated carbocycles. The van der Waals surface area contributed by atoms with Gasteiger partial charge in [0.05, 0.1) is 23.3 Å². The third-order valence-electron chi connectivity index (χ3n) is 3.89. The van der Waals surface area contributed by atoms with E-state index in [9.17, 15) is 13.2 Å². The number of sulfonamides is 1. The lowest BCUT2D eigenvalue weighted by Gasteiger charge is -2.13. The average Bonchev–Trinajstić information content (AvgIpc) is 2.67. The zero-order valence-electron chi connectivity index (χ0n) is 15.1. The van der Waals surface area contributed by atoms with Gasteiger partial charge in [0.2, 0.25) is 0 Å². The van der Waals surface area contributed by atoms with Crippen LogP contribution in [0.15, 0.2) is 71.6 Å². The highest BCUT2D eigenvalue weighted by Gasteiger charge is 2.20. The van der Waals surface area contributed by atoms with Crippen molar-refractivity contribution in [3.05, 3.63) is 82.3 Å². The van der Waals surface area contributed by atoms with Crippen LogP contribution in [0.2, 0.25) is 10.0 Å². The zero-order valence-corrected chi connectivity index (χ0v) is 17.5. The molecular weight excluding hydrogens is 435 g/mol. The lowest BCUT2D eigenvalue weighted by molar-refractivity contribution is 0.102. The third-order valence-corrected chi connectivity index (χ3v) is 5.73. The van der Waals surface area contributed by atoms with E-state index in [1.807, 2.05) is 0 Å². The second kappa shape index (κ2) is 8.73. The van der Waals surface area contributed by atoms with Gasteiger partial charge in [0.15, 0.2) is 0 Å². The summed E-state index contributed by atoms with van der Waals surface area (Å²) in [5, 5.41) is 3.52. The van der Waals surface area contributed by atoms with Gasteiger partial charge >= 0.3 is 0 Å². The third kappa shape index (κ3) is 5.20. The van der Waals surface area contributed by atoms with Crippen LogP contribution in [-0.2, 0) is 10.0 Å². The minimum absolute atomic E-state index is 0.0569. The first-order chi connectivity index (χ1) is 13.8. The molecule has 0 aliphatic carbocycles. The van der Waals surface area contributed by atoms with E-state index < -0.39 is 15.9 Å². The molecule has 6 nitrogen and oxygen atoms in total. The van der Waals surface area contributed by atoms with Crippen molar-refractivity contribution in [3.8, 4) is 5.75 Å². The van der Waals surface area contributed by atoms with Crippen LogP contribution in [0.25, 0.3) is 0 Å². The first kappa shape index (κ1) is 21.0. The molecule has 0 aliphatic rings. The Morgan fingerprint density at radius 3 is 2.14 bits per heavy atom. The minimum atomic E-state index is -3.96. The summed E-state index contributed by atoms with van der Waals surface area (Å²) in [4.78, 5) is 12.6. The topological polar surface area (TPSA) is 84.5 Å². The quantitative estimate of drug-likeness (QED) is 0.549. The number of halogens is 2. The molecule has 3 aromatic rings. The van der Waals surface area contributed by atoms with E-state index in [-0.39, 0.29) is 16.2 Å². The highest BCUT2D eigenvalue weighted by molar-refractivity contribution is 7.92. The molecule has 0 fully saturated rings. The Morgan fingerprint density at radius 1 is 0.897 bits per heavy atom. The molecule has 0 aliphatic heterocycles. The fourth-order valence-corrected chi connectivity index (χ4v) is 4.02. The number of nitrogens with one attached hydrogen (secondary N) is 2. The molecular formula is C20H16Cl2N2O4S. The lowest BCUT2D eigenvalue weighted by Crippen LogP contribution is -2.17. The number of rotatable bonds is 6. The van der Waals surface area contributed by atoms with Crippen molar-refractivity contribution in [1.29, 1.82) is 0 Å². The van der Waals surface area contributed by atoms with Crippen LogP contribution in [0.3, 0.4) is 0 Å². The van der Waals surface area contributed by atoms with Gasteiger partial charge in [-0.05, 0) is 54.6 Å². The maximum atomic E-state index is 12.7. The van der Waals surface area contributed by atoms with Crippen LogP contribution in [-0.4, -0.2) is 21.4 Å². The van der Waals surface area contributed by atoms with Gasteiger partial charge in [0.1, 0.15) is 5.75 Å². The minimum Gasteiger partial charge on any atom is -0.496 e. The van der Waals surface area contributed by atoms with Crippen molar-refractivity contribution in [2.45, 2.75) is 4.90 Å². The predicted molar refractivity (Wildman–Crippen MR) is 115 cm³/mol. The van der Waals surface area contributed by atoms with E-state index in [1.165, 1.54) is 31.4 Å². The van der Waals surface area contributed by atoms with Crippen LogP contribution in [0.5, 0.6) is 5.75 Å². The molecule has 9 heteroatoms. The summed E-state index contributed by atoms with van der Waals surface area (Å²) >= 11 is 11.8.